The number of aromatic nitrogens is 1. The van der Waals surface area contributed by atoms with Crippen LogP contribution in [0.4, 0.5) is 10.1 Å². The molecule has 1 aromatic carbocycles. The van der Waals surface area contributed by atoms with Crippen LogP contribution in [-0.4, -0.2) is 54.6 Å². The van der Waals surface area contributed by atoms with Gasteiger partial charge in [-0.25, -0.2) is 4.39 Å². The van der Waals surface area contributed by atoms with Crippen molar-refractivity contribution in [2.75, 3.05) is 39.4 Å². The van der Waals surface area contributed by atoms with E-state index in [1.807, 2.05) is 0 Å². The molecule has 128 valence electrons. The van der Waals surface area contributed by atoms with E-state index in [0.717, 1.165) is 32.8 Å². The van der Waals surface area contributed by atoms with E-state index >= 15 is 0 Å². The number of thiocarbonyl (C=S) groups is 1. The molecule has 24 heavy (non-hydrogen) atoms. The van der Waals surface area contributed by atoms with Gasteiger partial charge >= 0.3 is 0 Å². The topological polar surface area (TPSA) is 86.4 Å². The van der Waals surface area contributed by atoms with Crippen LogP contribution in [0.25, 0.3) is 10.9 Å². The number of azo groups is 1. The van der Waals surface area contributed by atoms with Crippen LogP contribution < -0.4 is 10.2 Å². The summed E-state index contributed by atoms with van der Waals surface area (Å²) in [6.07, 6.45) is 0. The molecular weight excluding hydrogens is 333 g/mol. The Morgan fingerprint density at radius 1 is 1.42 bits per heavy atom. The quantitative estimate of drug-likeness (QED) is 0.486. The van der Waals surface area contributed by atoms with Gasteiger partial charge in [-0.15, -0.1) is 10.2 Å². The largest absolute Gasteiger partial charge is 0.493 e. The molecule has 1 aliphatic heterocycles. The summed E-state index contributed by atoms with van der Waals surface area (Å²) >= 11 is 5.12. The number of ether oxygens (including phenoxy) is 1. The molecule has 2 aromatic rings. The predicted molar refractivity (Wildman–Crippen MR) is 91.4 cm³/mol. The molecule has 0 bridgehead atoms. The normalized spacial score (nSPS) is 16.0. The zero-order valence-corrected chi connectivity index (χ0v) is 13.8. The molecule has 0 spiro atoms. The van der Waals surface area contributed by atoms with Crippen LogP contribution in [0.3, 0.4) is 0 Å². The summed E-state index contributed by atoms with van der Waals surface area (Å²) in [5.41, 5.74) is 0.698. The summed E-state index contributed by atoms with van der Waals surface area (Å²) in [5, 5.41) is 21.6. The van der Waals surface area contributed by atoms with Crippen molar-refractivity contribution in [2.45, 2.75) is 0 Å². The van der Waals surface area contributed by atoms with Crippen LogP contribution in [0.5, 0.6) is 5.88 Å². The van der Waals surface area contributed by atoms with Gasteiger partial charge in [-0.1, -0.05) is 0 Å². The number of morpholine rings is 1. The number of halogens is 1. The second-order valence-electron chi connectivity index (χ2n) is 5.56. The number of fused-ring (bicyclic) bond motifs is 1. The fraction of sp³-hybridized carbons (Fsp3) is 0.400. The summed E-state index contributed by atoms with van der Waals surface area (Å²) in [6, 6.07) is 4.12. The fourth-order valence-corrected chi connectivity index (χ4v) is 2.77. The lowest BCUT2D eigenvalue weighted by atomic mass is 10.2. The van der Waals surface area contributed by atoms with E-state index < -0.39 is 5.82 Å². The first-order chi connectivity index (χ1) is 11.6. The van der Waals surface area contributed by atoms with E-state index in [-0.39, 0.29) is 16.7 Å². The lowest BCUT2D eigenvalue weighted by molar-refractivity contribution is -0.906. The first-order valence-electron chi connectivity index (χ1n) is 7.74. The Morgan fingerprint density at radius 2 is 2.21 bits per heavy atom. The van der Waals surface area contributed by atoms with Crippen molar-refractivity contribution in [3.8, 4) is 5.88 Å². The zero-order valence-electron chi connectivity index (χ0n) is 13.0. The van der Waals surface area contributed by atoms with Crippen molar-refractivity contribution in [3.63, 3.8) is 0 Å². The predicted octanol–water partition coefficient (Wildman–Crippen LogP) is 0.886. The van der Waals surface area contributed by atoms with Crippen LogP contribution in [0, 0.1) is 5.82 Å². The average Bonchev–Trinajstić information content (AvgIpc) is 2.88. The van der Waals surface area contributed by atoms with E-state index in [1.165, 1.54) is 23.1 Å². The summed E-state index contributed by atoms with van der Waals surface area (Å²) < 4.78 is 18.5. The molecule has 0 amide bonds. The molecule has 0 radical (unpaired) electrons. The molecule has 1 saturated heterocycles. The highest BCUT2D eigenvalue weighted by Gasteiger charge is 2.13. The molecule has 4 N–H and O–H groups in total. The zero-order chi connectivity index (χ0) is 16.9. The van der Waals surface area contributed by atoms with Gasteiger partial charge in [-0.05, 0) is 30.4 Å². The Morgan fingerprint density at radius 3 is 3.00 bits per heavy atom. The maximum Gasteiger partial charge on any atom is 0.218 e. The second kappa shape index (κ2) is 7.65. The lowest BCUT2D eigenvalue weighted by Gasteiger charge is -2.23. The first-order valence-corrected chi connectivity index (χ1v) is 8.15. The third-order valence-corrected chi connectivity index (χ3v) is 4.14. The number of hydrogen-bond donors (Lipinski definition) is 4. The summed E-state index contributed by atoms with van der Waals surface area (Å²) in [5.74, 6) is -0.560. The van der Waals surface area contributed by atoms with E-state index in [4.69, 9.17) is 17.0 Å². The van der Waals surface area contributed by atoms with Gasteiger partial charge in [-0.3, -0.25) is 0 Å². The number of rotatable bonds is 4. The number of nitrogens with one attached hydrogen (secondary N) is 3. The monoisotopic (exact) mass is 352 g/mol. The van der Waals surface area contributed by atoms with E-state index in [2.05, 4.69) is 20.5 Å². The van der Waals surface area contributed by atoms with Crippen LogP contribution in [-0.2, 0) is 4.74 Å². The summed E-state index contributed by atoms with van der Waals surface area (Å²) in [6.45, 7) is 5.19. The van der Waals surface area contributed by atoms with Gasteiger partial charge in [0.05, 0.1) is 31.8 Å². The van der Waals surface area contributed by atoms with E-state index in [1.54, 1.807) is 0 Å². The average molecular weight is 352 g/mol. The van der Waals surface area contributed by atoms with Crippen LogP contribution in [0.2, 0.25) is 0 Å². The lowest BCUT2D eigenvalue weighted by Crippen LogP contribution is -3.14. The van der Waals surface area contributed by atoms with Gasteiger partial charge in [-0.2, -0.15) is 0 Å². The van der Waals surface area contributed by atoms with Crippen LogP contribution in [0.15, 0.2) is 28.4 Å². The van der Waals surface area contributed by atoms with Gasteiger partial charge in [0.15, 0.2) is 5.69 Å². The molecule has 9 heteroatoms. The Labute approximate surface area is 143 Å². The first kappa shape index (κ1) is 16.7. The fourth-order valence-electron chi connectivity index (χ4n) is 2.63. The number of H-pyrrole nitrogens is 1. The minimum Gasteiger partial charge on any atom is -0.493 e. The van der Waals surface area contributed by atoms with Crippen molar-refractivity contribution < 1.29 is 19.1 Å². The van der Waals surface area contributed by atoms with Crippen molar-refractivity contribution in [1.29, 1.82) is 0 Å². The number of benzene rings is 1. The highest BCUT2D eigenvalue weighted by Crippen LogP contribution is 2.35. The summed E-state index contributed by atoms with van der Waals surface area (Å²) in [7, 11) is 0. The van der Waals surface area contributed by atoms with Gasteiger partial charge in [0.25, 0.3) is 0 Å². The molecular formula is C15H19FN5O2S+. The second-order valence-corrected chi connectivity index (χ2v) is 5.94. The van der Waals surface area contributed by atoms with Crippen molar-refractivity contribution in [2.24, 2.45) is 10.2 Å². The minimum atomic E-state index is -0.393. The highest BCUT2D eigenvalue weighted by molar-refractivity contribution is 7.80. The molecule has 2 heterocycles. The Hall–Kier alpha value is -2.10. The van der Waals surface area contributed by atoms with Crippen molar-refractivity contribution >= 4 is 33.9 Å². The highest BCUT2D eigenvalue weighted by atomic mass is 32.1. The molecule has 3 rings (SSSR count). The number of aromatic amines is 1. The maximum atomic E-state index is 13.2. The minimum absolute atomic E-state index is 0.167. The molecule has 1 aliphatic rings. The Kier molecular flexibility index (Phi) is 5.34. The standard InChI is InChI=1S/C15H18FN5O2S/c16-10-1-2-11-12(9-10)18-14(22)13(11)19-20-15(24)17-3-4-21-5-7-23-8-6-21/h1-2,9,18,22H,3-8H2,(H,17,24)/p+1. The number of quaternary nitrogens is 1. The van der Waals surface area contributed by atoms with Crippen LogP contribution >= 0.6 is 12.2 Å². The Balaban J connectivity index is 1.57. The smallest absolute Gasteiger partial charge is 0.218 e. The molecule has 1 aromatic heterocycles. The third-order valence-electron chi connectivity index (χ3n) is 3.91. The number of nitrogens with zero attached hydrogens (tertiary/aromatic N) is 2. The van der Waals surface area contributed by atoms with Gasteiger partial charge in [0, 0.05) is 5.39 Å². The van der Waals surface area contributed by atoms with Crippen molar-refractivity contribution in [3.05, 3.63) is 24.0 Å². The molecule has 1 fully saturated rings. The van der Waals surface area contributed by atoms with E-state index in [0.29, 0.717) is 17.4 Å². The SMILES string of the molecule is Oc1[nH]c2cc(F)ccc2c1N=NC(=S)NCC[NH+]1CCOCC1. The molecule has 0 atom stereocenters. The molecule has 0 unspecified atom stereocenters. The maximum absolute atomic E-state index is 13.2. The van der Waals surface area contributed by atoms with Crippen LogP contribution in [0.1, 0.15) is 0 Å². The third kappa shape index (κ3) is 4.05. The molecule has 0 saturated carbocycles. The van der Waals surface area contributed by atoms with Gasteiger partial charge < -0.3 is 25.0 Å². The number of aromatic hydroxyl groups is 1. The van der Waals surface area contributed by atoms with Gasteiger partial charge in [0.2, 0.25) is 11.0 Å². The Bertz CT molecular complexity index is 758. The summed E-state index contributed by atoms with van der Waals surface area (Å²) in [4.78, 5) is 4.12. The van der Waals surface area contributed by atoms with E-state index in [9.17, 15) is 9.50 Å². The number of hydrogen-bond acceptors (Lipinski definition) is 4. The van der Waals surface area contributed by atoms with Gasteiger partial charge in [0.1, 0.15) is 18.9 Å². The van der Waals surface area contributed by atoms with Crippen molar-refractivity contribution in [1.82, 2.24) is 10.3 Å². The molecule has 7 nitrogen and oxygen atoms in total. The molecule has 0 aliphatic carbocycles.